The predicted molar refractivity (Wildman–Crippen MR) is 80.6 cm³/mol. The van der Waals surface area contributed by atoms with Crippen LogP contribution in [-0.2, 0) is 11.0 Å². The first-order valence-corrected chi connectivity index (χ1v) is 6.94. The van der Waals surface area contributed by atoms with Crippen LogP contribution in [0.3, 0.4) is 0 Å². The van der Waals surface area contributed by atoms with E-state index in [0.717, 1.165) is 6.54 Å². The summed E-state index contributed by atoms with van der Waals surface area (Å²) in [4.78, 5) is 0. The van der Waals surface area contributed by atoms with Crippen LogP contribution in [0.1, 0.15) is 32.1 Å². The summed E-state index contributed by atoms with van der Waals surface area (Å²) >= 11 is 0. The lowest BCUT2D eigenvalue weighted by Crippen LogP contribution is -2.41. The molecule has 0 bridgehead atoms. The minimum Gasteiger partial charge on any atom is -0.466 e. The summed E-state index contributed by atoms with van der Waals surface area (Å²) in [5.74, 6) is 0.586. The third-order valence-corrected chi connectivity index (χ3v) is 3.64. The topological polar surface area (TPSA) is 45.4 Å². The molecule has 0 fully saturated rings. The standard InChI is InChI=1S/C17H23NO2/c1-16(2,14-8-5-4-6-9-14)12-18-13-17(3,19)15-10-7-11-20-15/h4-11,18-19H,12-13H2,1-3H3. The van der Waals surface area contributed by atoms with Crippen molar-refractivity contribution < 1.29 is 9.52 Å². The zero-order valence-electron chi connectivity index (χ0n) is 12.4. The van der Waals surface area contributed by atoms with Gasteiger partial charge in [0, 0.05) is 18.5 Å². The Kier molecular flexibility index (Phi) is 4.31. The first kappa shape index (κ1) is 14.8. The Bertz CT molecular complexity index is 515. The van der Waals surface area contributed by atoms with Crippen LogP contribution >= 0.6 is 0 Å². The van der Waals surface area contributed by atoms with E-state index in [-0.39, 0.29) is 5.41 Å². The molecule has 0 aliphatic heterocycles. The van der Waals surface area contributed by atoms with Crippen LogP contribution in [-0.4, -0.2) is 18.2 Å². The normalized spacial score (nSPS) is 15.0. The Hall–Kier alpha value is -1.58. The van der Waals surface area contributed by atoms with Crippen LogP contribution in [0.2, 0.25) is 0 Å². The lowest BCUT2D eigenvalue weighted by molar-refractivity contribution is 0.0334. The lowest BCUT2D eigenvalue weighted by Gasteiger charge is -2.28. The molecule has 2 rings (SSSR count). The van der Waals surface area contributed by atoms with Gasteiger partial charge in [-0.1, -0.05) is 44.2 Å². The number of rotatable bonds is 6. The summed E-state index contributed by atoms with van der Waals surface area (Å²) in [6.07, 6.45) is 1.58. The van der Waals surface area contributed by atoms with Crippen molar-refractivity contribution in [3.63, 3.8) is 0 Å². The fraction of sp³-hybridized carbons (Fsp3) is 0.412. The maximum atomic E-state index is 10.4. The summed E-state index contributed by atoms with van der Waals surface area (Å²) in [5.41, 5.74) is 0.307. The highest BCUT2D eigenvalue weighted by Crippen LogP contribution is 2.23. The molecule has 0 spiro atoms. The van der Waals surface area contributed by atoms with Gasteiger partial charge < -0.3 is 14.8 Å². The Labute approximate surface area is 120 Å². The molecule has 1 atom stereocenters. The van der Waals surface area contributed by atoms with Gasteiger partial charge in [0.2, 0.25) is 0 Å². The molecule has 0 amide bonds. The molecular weight excluding hydrogens is 250 g/mol. The molecule has 0 saturated heterocycles. The lowest BCUT2D eigenvalue weighted by atomic mass is 9.84. The van der Waals surface area contributed by atoms with Gasteiger partial charge in [0.1, 0.15) is 11.4 Å². The smallest absolute Gasteiger partial charge is 0.136 e. The largest absolute Gasteiger partial charge is 0.466 e. The average molecular weight is 273 g/mol. The first-order valence-electron chi connectivity index (χ1n) is 6.94. The van der Waals surface area contributed by atoms with Crippen molar-refractivity contribution in [2.75, 3.05) is 13.1 Å². The molecule has 1 aromatic carbocycles. The highest BCUT2D eigenvalue weighted by atomic mass is 16.4. The van der Waals surface area contributed by atoms with E-state index in [1.165, 1.54) is 5.56 Å². The Morgan fingerprint density at radius 2 is 1.70 bits per heavy atom. The first-order chi connectivity index (χ1) is 9.42. The number of hydrogen-bond donors (Lipinski definition) is 2. The van der Waals surface area contributed by atoms with Crippen molar-refractivity contribution in [3.05, 3.63) is 60.1 Å². The zero-order chi connectivity index (χ0) is 14.6. The quantitative estimate of drug-likeness (QED) is 0.850. The molecule has 0 radical (unpaired) electrons. The predicted octanol–water partition coefficient (Wildman–Crippen LogP) is 3.05. The van der Waals surface area contributed by atoms with Crippen LogP contribution in [0.25, 0.3) is 0 Å². The summed E-state index contributed by atoms with van der Waals surface area (Å²) < 4.78 is 5.28. The molecule has 3 heteroatoms. The van der Waals surface area contributed by atoms with E-state index >= 15 is 0 Å². The van der Waals surface area contributed by atoms with Gasteiger partial charge in [0.05, 0.1) is 6.26 Å². The molecule has 1 unspecified atom stereocenters. The van der Waals surface area contributed by atoms with Gasteiger partial charge >= 0.3 is 0 Å². The second-order valence-electron chi connectivity index (χ2n) is 6.10. The third-order valence-electron chi connectivity index (χ3n) is 3.64. The van der Waals surface area contributed by atoms with Gasteiger partial charge in [-0.25, -0.2) is 0 Å². The van der Waals surface area contributed by atoms with Crippen LogP contribution < -0.4 is 5.32 Å². The number of nitrogens with one attached hydrogen (secondary N) is 1. The Morgan fingerprint density at radius 1 is 1.00 bits per heavy atom. The second kappa shape index (κ2) is 5.81. The van der Waals surface area contributed by atoms with Crippen molar-refractivity contribution in [3.8, 4) is 0 Å². The molecule has 1 aromatic heterocycles. The average Bonchev–Trinajstić information content (AvgIpc) is 2.94. The van der Waals surface area contributed by atoms with E-state index in [0.29, 0.717) is 12.3 Å². The molecule has 108 valence electrons. The van der Waals surface area contributed by atoms with E-state index in [4.69, 9.17) is 4.42 Å². The highest BCUT2D eigenvalue weighted by Gasteiger charge is 2.27. The molecule has 0 saturated carbocycles. The molecule has 1 heterocycles. The van der Waals surface area contributed by atoms with Crippen molar-refractivity contribution in [2.24, 2.45) is 0 Å². The molecular formula is C17H23NO2. The van der Waals surface area contributed by atoms with Crippen molar-refractivity contribution in [1.29, 1.82) is 0 Å². The molecule has 2 aromatic rings. The van der Waals surface area contributed by atoms with Gasteiger partial charge in [-0.2, -0.15) is 0 Å². The Balaban J connectivity index is 1.93. The van der Waals surface area contributed by atoms with E-state index in [1.807, 2.05) is 6.07 Å². The Morgan fingerprint density at radius 3 is 2.30 bits per heavy atom. The number of furan rings is 1. The van der Waals surface area contributed by atoms with Gasteiger partial charge in [-0.05, 0) is 24.6 Å². The maximum Gasteiger partial charge on any atom is 0.136 e. The minimum atomic E-state index is -0.990. The molecule has 0 aliphatic rings. The van der Waals surface area contributed by atoms with Gasteiger partial charge in [0.15, 0.2) is 0 Å². The SMILES string of the molecule is CC(C)(CNCC(C)(O)c1ccco1)c1ccccc1. The second-order valence-corrected chi connectivity index (χ2v) is 6.10. The zero-order valence-corrected chi connectivity index (χ0v) is 12.4. The highest BCUT2D eigenvalue weighted by molar-refractivity contribution is 5.24. The number of benzene rings is 1. The fourth-order valence-corrected chi connectivity index (χ4v) is 2.28. The van der Waals surface area contributed by atoms with Crippen LogP contribution in [0.4, 0.5) is 0 Å². The summed E-state index contributed by atoms with van der Waals surface area (Å²) in [7, 11) is 0. The van der Waals surface area contributed by atoms with Crippen molar-refractivity contribution >= 4 is 0 Å². The minimum absolute atomic E-state index is 0.0144. The van der Waals surface area contributed by atoms with Crippen LogP contribution in [0.5, 0.6) is 0 Å². The maximum absolute atomic E-state index is 10.4. The fourth-order valence-electron chi connectivity index (χ4n) is 2.28. The molecule has 20 heavy (non-hydrogen) atoms. The van der Waals surface area contributed by atoms with Crippen molar-refractivity contribution in [2.45, 2.75) is 31.8 Å². The number of hydrogen-bond acceptors (Lipinski definition) is 3. The van der Waals surface area contributed by atoms with Gasteiger partial charge in [-0.15, -0.1) is 0 Å². The van der Waals surface area contributed by atoms with Gasteiger partial charge in [-0.3, -0.25) is 0 Å². The van der Waals surface area contributed by atoms with E-state index in [9.17, 15) is 5.11 Å². The summed E-state index contributed by atoms with van der Waals surface area (Å²) in [5, 5.41) is 13.7. The third kappa shape index (κ3) is 3.50. The molecule has 0 aliphatic carbocycles. The van der Waals surface area contributed by atoms with Gasteiger partial charge in [0.25, 0.3) is 0 Å². The van der Waals surface area contributed by atoms with E-state index < -0.39 is 5.60 Å². The number of aliphatic hydroxyl groups is 1. The molecule has 3 nitrogen and oxygen atoms in total. The molecule has 2 N–H and O–H groups in total. The van der Waals surface area contributed by atoms with Crippen LogP contribution in [0, 0.1) is 0 Å². The monoisotopic (exact) mass is 273 g/mol. The summed E-state index contributed by atoms with van der Waals surface area (Å²) in [6.45, 7) is 7.38. The van der Waals surface area contributed by atoms with E-state index in [1.54, 1.807) is 25.3 Å². The van der Waals surface area contributed by atoms with E-state index in [2.05, 4.69) is 43.4 Å². The van der Waals surface area contributed by atoms with Crippen LogP contribution in [0.15, 0.2) is 53.1 Å². The van der Waals surface area contributed by atoms with Crippen molar-refractivity contribution in [1.82, 2.24) is 5.32 Å². The summed E-state index contributed by atoms with van der Waals surface area (Å²) in [6, 6.07) is 14.0.